The first kappa shape index (κ1) is 13.9. The highest BCUT2D eigenvalue weighted by molar-refractivity contribution is 9.10. The van der Waals surface area contributed by atoms with Gasteiger partial charge in [-0.25, -0.2) is 4.98 Å². The molecule has 19 heavy (non-hydrogen) atoms. The predicted octanol–water partition coefficient (Wildman–Crippen LogP) is 3.28. The SMILES string of the molecule is Cc1ccc(Oc2nc(C)cc(C(N)=S)n2)c(Br)c1. The number of aromatic nitrogens is 2. The molecule has 0 atom stereocenters. The molecule has 0 spiro atoms. The minimum atomic E-state index is 0.221. The number of nitrogens with two attached hydrogens (primary N) is 1. The zero-order chi connectivity index (χ0) is 14.0. The van der Waals surface area contributed by atoms with Gasteiger partial charge >= 0.3 is 6.01 Å². The van der Waals surface area contributed by atoms with E-state index < -0.39 is 0 Å². The summed E-state index contributed by atoms with van der Waals surface area (Å²) in [6, 6.07) is 7.71. The van der Waals surface area contributed by atoms with E-state index in [2.05, 4.69) is 25.9 Å². The summed E-state index contributed by atoms with van der Waals surface area (Å²) in [4.78, 5) is 8.60. The van der Waals surface area contributed by atoms with Crippen molar-refractivity contribution in [3.05, 3.63) is 45.7 Å². The third-order valence-electron chi connectivity index (χ3n) is 2.37. The lowest BCUT2D eigenvalue weighted by molar-refractivity contribution is 0.437. The number of rotatable bonds is 3. The average Bonchev–Trinajstić information content (AvgIpc) is 2.32. The molecule has 0 aliphatic carbocycles. The fraction of sp³-hybridized carbons (Fsp3) is 0.154. The molecule has 0 saturated heterocycles. The zero-order valence-corrected chi connectivity index (χ0v) is 12.9. The van der Waals surface area contributed by atoms with Gasteiger partial charge in [0, 0.05) is 5.69 Å². The quantitative estimate of drug-likeness (QED) is 0.871. The number of thiocarbonyl (C=S) groups is 1. The Kier molecular flexibility index (Phi) is 4.11. The molecule has 6 heteroatoms. The van der Waals surface area contributed by atoms with Gasteiger partial charge in [-0.15, -0.1) is 0 Å². The van der Waals surface area contributed by atoms with Crippen LogP contribution in [0.2, 0.25) is 0 Å². The molecule has 98 valence electrons. The van der Waals surface area contributed by atoms with Crippen LogP contribution in [0.4, 0.5) is 0 Å². The number of halogens is 1. The highest BCUT2D eigenvalue weighted by Crippen LogP contribution is 2.29. The van der Waals surface area contributed by atoms with Gasteiger partial charge in [-0.2, -0.15) is 4.98 Å². The van der Waals surface area contributed by atoms with Gasteiger partial charge in [-0.05, 0) is 53.5 Å². The van der Waals surface area contributed by atoms with E-state index >= 15 is 0 Å². The number of hydrogen-bond donors (Lipinski definition) is 1. The van der Waals surface area contributed by atoms with E-state index in [9.17, 15) is 0 Å². The Morgan fingerprint density at radius 1 is 1.26 bits per heavy atom. The first-order chi connectivity index (χ1) is 8.95. The van der Waals surface area contributed by atoms with Gasteiger partial charge in [0.2, 0.25) is 0 Å². The van der Waals surface area contributed by atoms with Gasteiger partial charge in [0.1, 0.15) is 16.4 Å². The lowest BCUT2D eigenvalue weighted by Crippen LogP contribution is -2.13. The molecule has 0 saturated carbocycles. The van der Waals surface area contributed by atoms with Gasteiger partial charge in [0.05, 0.1) is 4.47 Å². The van der Waals surface area contributed by atoms with Crippen molar-refractivity contribution in [1.82, 2.24) is 9.97 Å². The molecule has 1 aromatic carbocycles. The minimum absolute atomic E-state index is 0.221. The molecule has 0 radical (unpaired) electrons. The Morgan fingerprint density at radius 2 is 2.00 bits per heavy atom. The molecule has 4 nitrogen and oxygen atoms in total. The van der Waals surface area contributed by atoms with Crippen LogP contribution in [0.1, 0.15) is 17.0 Å². The van der Waals surface area contributed by atoms with Crippen molar-refractivity contribution in [3.8, 4) is 11.8 Å². The number of aryl methyl sites for hydroxylation is 2. The van der Waals surface area contributed by atoms with E-state index in [1.54, 1.807) is 6.07 Å². The molecule has 2 rings (SSSR count). The topological polar surface area (TPSA) is 61.0 Å². The van der Waals surface area contributed by atoms with Crippen LogP contribution in [0, 0.1) is 13.8 Å². The lowest BCUT2D eigenvalue weighted by atomic mass is 10.2. The van der Waals surface area contributed by atoms with Crippen molar-refractivity contribution in [3.63, 3.8) is 0 Å². The molecule has 0 fully saturated rings. The largest absolute Gasteiger partial charge is 0.423 e. The third kappa shape index (κ3) is 3.48. The summed E-state index contributed by atoms with van der Waals surface area (Å²) in [5.74, 6) is 0.644. The monoisotopic (exact) mass is 337 g/mol. The van der Waals surface area contributed by atoms with Crippen molar-refractivity contribution in [1.29, 1.82) is 0 Å². The second kappa shape index (κ2) is 5.63. The summed E-state index contributed by atoms with van der Waals surface area (Å²) in [6.45, 7) is 3.84. The molecule has 1 aromatic heterocycles. The highest BCUT2D eigenvalue weighted by atomic mass is 79.9. The molecule has 0 aliphatic rings. The maximum atomic E-state index is 5.65. The van der Waals surface area contributed by atoms with Crippen LogP contribution in [0.3, 0.4) is 0 Å². The van der Waals surface area contributed by atoms with Crippen molar-refractivity contribution in [2.75, 3.05) is 0 Å². The second-order valence-electron chi connectivity index (χ2n) is 4.08. The maximum absolute atomic E-state index is 5.65. The molecule has 0 amide bonds. The van der Waals surface area contributed by atoms with Crippen LogP contribution in [0.15, 0.2) is 28.7 Å². The van der Waals surface area contributed by atoms with Gasteiger partial charge in [-0.1, -0.05) is 18.3 Å². The van der Waals surface area contributed by atoms with E-state index in [1.807, 2.05) is 32.0 Å². The Labute approximate surface area is 125 Å². The normalized spacial score (nSPS) is 10.3. The highest BCUT2D eigenvalue weighted by Gasteiger charge is 2.08. The summed E-state index contributed by atoms with van der Waals surface area (Å²) in [5, 5.41) is 0. The summed E-state index contributed by atoms with van der Waals surface area (Å²) >= 11 is 8.35. The van der Waals surface area contributed by atoms with E-state index in [-0.39, 0.29) is 11.0 Å². The van der Waals surface area contributed by atoms with Crippen LogP contribution < -0.4 is 10.5 Å². The second-order valence-corrected chi connectivity index (χ2v) is 5.37. The minimum Gasteiger partial charge on any atom is -0.423 e. The summed E-state index contributed by atoms with van der Waals surface area (Å²) in [7, 11) is 0. The van der Waals surface area contributed by atoms with Crippen LogP contribution in [-0.2, 0) is 0 Å². The van der Waals surface area contributed by atoms with E-state index in [0.29, 0.717) is 11.4 Å². The first-order valence-corrected chi connectivity index (χ1v) is 6.75. The summed E-state index contributed by atoms with van der Waals surface area (Å²) in [6.07, 6.45) is 0. The molecular formula is C13H12BrN3OS. The van der Waals surface area contributed by atoms with Crippen LogP contribution in [0.25, 0.3) is 0 Å². The van der Waals surface area contributed by atoms with Crippen molar-refractivity contribution < 1.29 is 4.74 Å². The lowest BCUT2D eigenvalue weighted by Gasteiger charge is -2.08. The number of benzene rings is 1. The van der Waals surface area contributed by atoms with E-state index in [1.165, 1.54) is 0 Å². The molecule has 0 unspecified atom stereocenters. The molecular weight excluding hydrogens is 326 g/mol. The fourth-order valence-electron chi connectivity index (χ4n) is 1.50. The maximum Gasteiger partial charge on any atom is 0.322 e. The van der Waals surface area contributed by atoms with Gasteiger partial charge < -0.3 is 10.5 Å². The predicted molar refractivity (Wildman–Crippen MR) is 81.6 cm³/mol. The molecule has 2 aromatic rings. The molecule has 0 bridgehead atoms. The standard InChI is InChI=1S/C13H12BrN3OS/c1-7-3-4-11(9(14)5-7)18-13-16-8(2)6-10(17-13)12(15)19/h3-6H,1-2H3,(H2,15,19). The van der Waals surface area contributed by atoms with E-state index in [4.69, 9.17) is 22.7 Å². The smallest absolute Gasteiger partial charge is 0.322 e. The Bertz CT molecular complexity index is 646. The molecule has 2 N–H and O–H groups in total. The average molecular weight is 338 g/mol. The summed E-state index contributed by atoms with van der Waals surface area (Å²) < 4.78 is 6.49. The van der Waals surface area contributed by atoms with Gasteiger partial charge in [0.15, 0.2) is 0 Å². The summed E-state index contributed by atoms with van der Waals surface area (Å²) in [5.41, 5.74) is 7.95. The molecule has 0 aliphatic heterocycles. The van der Waals surface area contributed by atoms with Crippen LogP contribution in [0.5, 0.6) is 11.8 Å². The van der Waals surface area contributed by atoms with Crippen LogP contribution >= 0.6 is 28.1 Å². The zero-order valence-electron chi connectivity index (χ0n) is 10.5. The Hall–Kier alpha value is -1.53. The number of ether oxygens (including phenoxy) is 1. The van der Waals surface area contributed by atoms with Crippen molar-refractivity contribution >= 4 is 33.1 Å². The van der Waals surface area contributed by atoms with Crippen LogP contribution in [-0.4, -0.2) is 15.0 Å². The van der Waals surface area contributed by atoms with E-state index in [0.717, 1.165) is 15.7 Å². The molecule has 1 heterocycles. The van der Waals surface area contributed by atoms with Crippen molar-refractivity contribution in [2.45, 2.75) is 13.8 Å². The number of nitrogens with zero attached hydrogens (tertiary/aromatic N) is 2. The first-order valence-electron chi connectivity index (χ1n) is 5.55. The third-order valence-corrected chi connectivity index (χ3v) is 3.20. The van der Waals surface area contributed by atoms with Crippen molar-refractivity contribution in [2.24, 2.45) is 5.73 Å². The Balaban J connectivity index is 2.35. The number of hydrogen-bond acceptors (Lipinski definition) is 4. The fourth-order valence-corrected chi connectivity index (χ4v) is 2.18. The van der Waals surface area contributed by atoms with Gasteiger partial charge in [0.25, 0.3) is 0 Å². The Morgan fingerprint density at radius 3 is 2.63 bits per heavy atom. The van der Waals surface area contributed by atoms with Gasteiger partial charge in [-0.3, -0.25) is 0 Å².